The van der Waals surface area contributed by atoms with E-state index in [1.165, 1.54) is 5.56 Å². The minimum atomic E-state index is 0.116. The number of phenolic OH excluding ortho intramolecular Hbond substituents is 1. The average molecular weight is 290 g/mol. The molecule has 104 valence electrons. The van der Waals surface area contributed by atoms with Crippen molar-refractivity contribution < 1.29 is 9.84 Å². The van der Waals surface area contributed by atoms with Crippen LogP contribution in [0.5, 0.6) is 11.5 Å². The Morgan fingerprint density at radius 1 is 1.25 bits per heavy atom. The number of halogens is 1. The van der Waals surface area contributed by atoms with E-state index in [0.717, 1.165) is 17.7 Å². The van der Waals surface area contributed by atoms with Crippen LogP contribution < -0.4 is 10.1 Å². The van der Waals surface area contributed by atoms with E-state index in [0.29, 0.717) is 18.2 Å². The van der Waals surface area contributed by atoms with Crippen LogP contribution in [0.2, 0.25) is 5.02 Å². The molecule has 2 aromatic rings. The highest BCUT2D eigenvalue weighted by Gasteiger charge is 2.18. The highest BCUT2D eigenvalue weighted by Crippen LogP contribution is 2.25. The lowest BCUT2D eigenvalue weighted by atomic mass is 10.0. The van der Waals surface area contributed by atoms with E-state index in [-0.39, 0.29) is 11.8 Å². The number of hydrogen-bond acceptors (Lipinski definition) is 3. The van der Waals surface area contributed by atoms with Crippen LogP contribution in [0.15, 0.2) is 42.5 Å². The van der Waals surface area contributed by atoms with Gasteiger partial charge in [0.05, 0.1) is 5.02 Å². The van der Waals surface area contributed by atoms with Crippen LogP contribution in [-0.4, -0.2) is 17.8 Å². The molecule has 3 nitrogen and oxygen atoms in total. The van der Waals surface area contributed by atoms with E-state index in [1.54, 1.807) is 12.1 Å². The van der Waals surface area contributed by atoms with E-state index in [2.05, 4.69) is 11.4 Å². The van der Waals surface area contributed by atoms with Gasteiger partial charge < -0.3 is 15.2 Å². The first-order chi connectivity index (χ1) is 9.72. The average Bonchev–Trinajstić information content (AvgIpc) is 2.48. The number of fused-ring (bicyclic) bond motifs is 1. The zero-order valence-electron chi connectivity index (χ0n) is 11.0. The number of rotatable bonds is 3. The van der Waals surface area contributed by atoms with Gasteiger partial charge >= 0.3 is 0 Å². The molecule has 0 unspecified atom stereocenters. The molecule has 0 amide bonds. The van der Waals surface area contributed by atoms with Crippen molar-refractivity contribution in [3.63, 3.8) is 0 Å². The molecule has 0 aromatic heterocycles. The minimum Gasteiger partial charge on any atom is -0.506 e. The summed E-state index contributed by atoms with van der Waals surface area (Å²) in [7, 11) is 0. The molecule has 2 aromatic carbocycles. The monoisotopic (exact) mass is 289 g/mol. The number of hydrogen-bond donors (Lipinski definition) is 2. The molecule has 1 atom stereocenters. The molecule has 1 aliphatic rings. The molecule has 0 fully saturated rings. The van der Waals surface area contributed by atoms with Gasteiger partial charge in [-0.15, -0.1) is 0 Å². The SMILES string of the molecule is Oc1ccc(CN[C@@H]2COc3ccccc3C2)cc1Cl. The van der Waals surface area contributed by atoms with Crippen molar-refractivity contribution >= 4 is 11.6 Å². The summed E-state index contributed by atoms with van der Waals surface area (Å²) in [6.07, 6.45) is 0.960. The molecular formula is C16H16ClNO2. The molecular weight excluding hydrogens is 274 g/mol. The van der Waals surface area contributed by atoms with Crippen molar-refractivity contribution in [3.05, 3.63) is 58.6 Å². The summed E-state index contributed by atoms with van der Waals surface area (Å²) in [6, 6.07) is 13.7. The van der Waals surface area contributed by atoms with E-state index in [4.69, 9.17) is 16.3 Å². The van der Waals surface area contributed by atoms with Gasteiger partial charge in [-0.1, -0.05) is 35.9 Å². The Hall–Kier alpha value is -1.71. The molecule has 0 saturated heterocycles. The number of para-hydroxylation sites is 1. The van der Waals surface area contributed by atoms with E-state index in [1.807, 2.05) is 24.3 Å². The molecule has 2 N–H and O–H groups in total. The summed E-state index contributed by atoms with van der Waals surface area (Å²) in [5.74, 6) is 1.10. The van der Waals surface area contributed by atoms with Crippen LogP contribution in [0.3, 0.4) is 0 Å². The van der Waals surface area contributed by atoms with Crippen LogP contribution in [0, 0.1) is 0 Å². The third kappa shape index (κ3) is 2.89. The Balaban J connectivity index is 1.61. The number of phenols is 1. The molecule has 1 heterocycles. The predicted molar refractivity (Wildman–Crippen MR) is 79.4 cm³/mol. The fraction of sp³-hybridized carbons (Fsp3) is 0.250. The highest BCUT2D eigenvalue weighted by molar-refractivity contribution is 6.32. The van der Waals surface area contributed by atoms with Crippen LogP contribution >= 0.6 is 11.6 Å². The molecule has 0 radical (unpaired) electrons. The summed E-state index contributed by atoms with van der Waals surface area (Å²) in [5, 5.41) is 13.2. The van der Waals surface area contributed by atoms with Gasteiger partial charge in [-0.2, -0.15) is 0 Å². The van der Waals surface area contributed by atoms with E-state index in [9.17, 15) is 5.11 Å². The normalized spacial score (nSPS) is 17.4. The van der Waals surface area contributed by atoms with Gasteiger partial charge in [-0.3, -0.25) is 0 Å². The topological polar surface area (TPSA) is 41.5 Å². The smallest absolute Gasteiger partial charge is 0.134 e. The lowest BCUT2D eigenvalue weighted by molar-refractivity contribution is 0.238. The Kier molecular flexibility index (Phi) is 3.81. The first-order valence-electron chi connectivity index (χ1n) is 6.64. The first-order valence-corrected chi connectivity index (χ1v) is 7.01. The Bertz CT molecular complexity index is 615. The molecule has 0 aliphatic carbocycles. The molecule has 0 bridgehead atoms. The van der Waals surface area contributed by atoms with Gasteiger partial charge in [0, 0.05) is 12.6 Å². The van der Waals surface area contributed by atoms with E-state index >= 15 is 0 Å². The highest BCUT2D eigenvalue weighted by atomic mass is 35.5. The Labute approximate surface area is 123 Å². The number of benzene rings is 2. The summed E-state index contributed by atoms with van der Waals surface area (Å²) in [6.45, 7) is 1.37. The van der Waals surface area contributed by atoms with Crippen LogP contribution in [-0.2, 0) is 13.0 Å². The minimum absolute atomic E-state index is 0.116. The Morgan fingerprint density at radius 3 is 2.95 bits per heavy atom. The van der Waals surface area contributed by atoms with Gasteiger partial charge in [-0.25, -0.2) is 0 Å². The standard InChI is InChI=1S/C16H16ClNO2/c17-14-7-11(5-6-15(14)19)9-18-13-8-12-3-1-2-4-16(12)20-10-13/h1-7,13,18-19H,8-10H2/t13-/m0/s1. The molecule has 20 heavy (non-hydrogen) atoms. The maximum Gasteiger partial charge on any atom is 0.134 e. The van der Waals surface area contributed by atoms with Gasteiger partial charge in [0.25, 0.3) is 0 Å². The molecule has 0 spiro atoms. The van der Waals surface area contributed by atoms with Crippen molar-refractivity contribution in [1.29, 1.82) is 0 Å². The summed E-state index contributed by atoms with van der Waals surface area (Å²) in [4.78, 5) is 0. The molecule has 0 saturated carbocycles. The lowest BCUT2D eigenvalue weighted by Crippen LogP contribution is -2.38. The fourth-order valence-corrected chi connectivity index (χ4v) is 2.58. The van der Waals surface area contributed by atoms with E-state index < -0.39 is 0 Å². The fourth-order valence-electron chi connectivity index (χ4n) is 2.38. The van der Waals surface area contributed by atoms with Crippen molar-refractivity contribution in [3.8, 4) is 11.5 Å². The predicted octanol–water partition coefficient (Wildman–Crippen LogP) is 3.14. The number of nitrogens with one attached hydrogen (secondary N) is 1. The van der Waals surface area contributed by atoms with Gasteiger partial charge in [0.2, 0.25) is 0 Å². The second-order valence-corrected chi connectivity index (χ2v) is 5.39. The maximum absolute atomic E-state index is 9.40. The van der Waals surface area contributed by atoms with Crippen LogP contribution in [0.1, 0.15) is 11.1 Å². The lowest BCUT2D eigenvalue weighted by Gasteiger charge is -2.26. The molecule has 1 aliphatic heterocycles. The molecule has 4 heteroatoms. The number of ether oxygens (including phenoxy) is 1. The zero-order chi connectivity index (χ0) is 13.9. The Morgan fingerprint density at radius 2 is 2.10 bits per heavy atom. The summed E-state index contributed by atoms with van der Waals surface area (Å²) in [5.41, 5.74) is 2.28. The summed E-state index contributed by atoms with van der Waals surface area (Å²) < 4.78 is 5.74. The molecule has 3 rings (SSSR count). The van der Waals surface area contributed by atoms with Crippen molar-refractivity contribution in [2.45, 2.75) is 19.0 Å². The largest absolute Gasteiger partial charge is 0.506 e. The number of aromatic hydroxyl groups is 1. The van der Waals surface area contributed by atoms with Crippen molar-refractivity contribution in [1.82, 2.24) is 5.32 Å². The van der Waals surface area contributed by atoms with Crippen molar-refractivity contribution in [2.24, 2.45) is 0 Å². The second-order valence-electron chi connectivity index (χ2n) is 4.99. The summed E-state index contributed by atoms with van der Waals surface area (Å²) >= 11 is 5.90. The first kappa shape index (κ1) is 13.3. The van der Waals surface area contributed by atoms with Gasteiger partial charge in [0.15, 0.2) is 0 Å². The third-order valence-electron chi connectivity index (χ3n) is 3.49. The quantitative estimate of drug-likeness (QED) is 0.912. The zero-order valence-corrected chi connectivity index (χ0v) is 11.7. The van der Waals surface area contributed by atoms with Crippen LogP contribution in [0.4, 0.5) is 0 Å². The maximum atomic E-state index is 9.40. The van der Waals surface area contributed by atoms with Gasteiger partial charge in [0.1, 0.15) is 18.1 Å². The van der Waals surface area contributed by atoms with Crippen molar-refractivity contribution in [2.75, 3.05) is 6.61 Å². The third-order valence-corrected chi connectivity index (χ3v) is 3.79. The van der Waals surface area contributed by atoms with Gasteiger partial charge in [-0.05, 0) is 35.7 Å². The van der Waals surface area contributed by atoms with Crippen LogP contribution in [0.25, 0.3) is 0 Å². The second kappa shape index (κ2) is 5.73.